The van der Waals surface area contributed by atoms with E-state index in [4.69, 9.17) is 0 Å². The molecule has 1 N–H and O–H groups in total. The molecule has 0 bridgehead atoms. The number of carbonyl (C=O) groups excluding carboxylic acids is 1. The zero-order valence-electron chi connectivity index (χ0n) is 10.9. The molecule has 1 aliphatic heterocycles. The molecule has 0 aromatic rings. The summed E-state index contributed by atoms with van der Waals surface area (Å²) < 4.78 is 26.6. The predicted molar refractivity (Wildman–Crippen MR) is 65.6 cm³/mol. The number of rotatable bonds is 2. The van der Waals surface area contributed by atoms with Gasteiger partial charge in [0.2, 0.25) is 5.91 Å². The summed E-state index contributed by atoms with van der Waals surface area (Å²) >= 11 is 0. The van der Waals surface area contributed by atoms with Crippen molar-refractivity contribution in [3.05, 3.63) is 0 Å². The van der Waals surface area contributed by atoms with Gasteiger partial charge in [0.05, 0.1) is 6.54 Å². The average molecular weight is 260 g/mol. The summed E-state index contributed by atoms with van der Waals surface area (Å²) in [5, 5.41) is 3.21. The summed E-state index contributed by atoms with van der Waals surface area (Å²) in [6, 6.07) is 0.483. The molecule has 1 saturated carbocycles. The van der Waals surface area contributed by atoms with Crippen molar-refractivity contribution in [2.24, 2.45) is 5.92 Å². The number of hydrogen-bond acceptors (Lipinski definition) is 2. The maximum Gasteiger partial charge on any atom is 0.265 e. The second-order valence-electron chi connectivity index (χ2n) is 5.56. The number of nitrogens with one attached hydrogen (secondary N) is 1. The van der Waals surface area contributed by atoms with Crippen molar-refractivity contribution < 1.29 is 13.6 Å². The summed E-state index contributed by atoms with van der Waals surface area (Å²) in [4.78, 5) is 13.6. The number of nitrogens with zero attached hydrogens (tertiary/aromatic N) is 1. The van der Waals surface area contributed by atoms with E-state index >= 15 is 0 Å². The molecule has 2 fully saturated rings. The second-order valence-corrected chi connectivity index (χ2v) is 5.56. The molecule has 2 aliphatic rings. The number of likely N-dealkylation sites (tertiary alicyclic amines) is 1. The zero-order valence-corrected chi connectivity index (χ0v) is 10.9. The number of piperidine rings is 1. The van der Waals surface area contributed by atoms with Crippen LogP contribution in [-0.2, 0) is 4.79 Å². The topological polar surface area (TPSA) is 32.3 Å². The maximum absolute atomic E-state index is 13.3. The fourth-order valence-corrected chi connectivity index (χ4v) is 3.04. The standard InChI is InChI=1S/C13H22F2N2O/c1-16-11-5-3-10(4-6-11)12(18)17-8-2-7-13(14,15)9-17/h10-11,16H,2-9H2,1H3. The normalized spacial score (nSPS) is 32.3. The fraction of sp³-hybridized carbons (Fsp3) is 0.923. The summed E-state index contributed by atoms with van der Waals surface area (Å²) in [6.07, 6.45) is 3.93. The molecule has 104 valence electrons. The average Bonchev–Trinajstić information content (AvgIpc) is 2.37. The number of hydrogen-bond donors (Lipinski definition) is 1. The van der Waals surface area contributed by atoms with Crippen LogP contribution >= 0.6 is 0 Å². The van der Waals surface area contributed by atoms with E-state index in [2.05, 4.69) is 5.32 Å². The smallest absolute Gasteiger partial charge is 0.265 e. The Labute approximate surface area is 107 Å². The molecule has 18 heavy (non-hydrogen) atoms. The van der Waals surface area contributed by atoms with Gasteiger partial charge in [0.25, 0.3) is 5.92 Å². The molecule has 0 radical (unpaired) electrons. The van der Waals surface area contributed by atoms with E-state index in [1.54, 1.807) is 0 Å². The molecule has 3 nitrogen and oxygen atoms in total. The highest BCUT2D eigenvalue weighted by atomic mass is 19.3. The highest BCUT2D eigenvalue weighted by Crippen LogP contribution is 2.31. The van der Waals surface area contributed by atoms with Crippen molar-refractivity contribution in [2.45, 2.75) is 50.5 Å². The summed E-state index contributed by atoms with van der Waals surface area (Å²) in [6.45, 7) is 0.123. The molecule has 0 unspecified atom stereocenters. The van der Waals surface area contributed by atoms with Gasteiger partial charge in [-0.15, -0.1) is 0 Å². The minimum atomic E-state index is -2.68. The van der Waals surface area contributed by atoms with Crippen molar-refractivity contribution in [3.8, 4) is 0 Å². The van der Waals surface area contributed by atoms with Gasteiger partial charge < -0.3 is 10.2 Å². The predicted octanol–water partition coefficient (Wildman–Crippen LogP) is 2.02. The number of alkyl halides is 2. The summed E-state index contributed by atoms with van der Waals surface area (Å²) in [7, 11) is 1.93. The van der Waals surface area contributed by atoms with E-state index in [1.165, 1.54) is 4.90 Å². The van der Waals surface area contributed by atoms with Gasteiger partial charge in [-0.1, -0.05) is 0 Å². The lowest BCUT2D eigenvalue weighted by atomic mass is 9.85. The molecular weight excluding hydrogens is 238 g/mol. The van der Waals surface area contributed by atoms with Gasteiger partial charge in [-0.25, -0.2) is 8.78 Å². The SMILES string of the molecule is CNC1CCC(C(=O)N2CCCC(F)(F)C2)CC1. The van der Waals surface area contributed by atoms with Crippen LogP contribution in [0, 0.1) is 5.92 Å². The number of halogens is 2. The van der Waals surface area contributed by atoms with Crippen LogP contribution < -0.4 is 5.32 Å². The van der Waals surface area contributed by atoms with Crippen LogP contribution in [0.5, 0.6) is 0 Å². The van der Waals surface area contributed by atoms with E-state index in [9.17, 15) is 13.6 Å². The minimum absolute atomic E-state index is 0.0384. The Balaban J connectivity index is 1.88. The molecular formula is C13H22F2N2O. The molecule has 1 aliphatic carbocycles. The molecule has 2 rings (SSSR count). The first kappa shape index (κ1) is 13.7. The third kappa shape index (κ3) is 3.19. The van der Waals surface area contributed by atoms with Crippen LogP contribution in [0.25, 0.3) is 0 Å². The molecule has 5 heteroatoms. The minimum Gasteiger partial charge on any atom is -0.336 e. The molecule has 0 aromatic carbocycles. The lowest BCUT2D eigenvalue weighted by Gasteiger charge is -2.36. The van der Waals surface area contributed by atoms with Crippen LogP contribution in [0.1, 0.15) is 38.5 Å². The van der Waals surface area contributed by atoms with Crippen LogP contribution in [0.2, 0.25) is 0 Å². The van der Waals surface area contributed by atoms with Gasteiger partial charge in [0.1, 0.15) is 0 Å². The Morgan fingerprint density at radius 2 is 1.94 bits per heavy atom. The fourth-order valence-electron chi connectivity index (χ4n) is 3.04. The largest absolute Gasteiger partial charge is 0.336 e. The highest BCUT2D eigenvalue weighted by Gasteiger charge is 2.39. The third-order valence-corrected chi connectivity index (χ3v) is 4.19. The molecule has 1 amide bonds. The van der Waals surface area contributed by atoms with Crippen LogP contribution in [0.4, 0.5) is 8.78 Å². The molecule has 1 heterocycles. The second kappa shape index (κ2) is 5.51. The van der Waals surface area contributed by atoms with Crippen molar-refractivity contribution in [1.29, 1.82) is 0 Å². The lowest BCUT2D eigenvalue weighted by molar-refractivity contribution is -0.147. The number of carbonyl (C=O) groups is 1. The molecule has 0 spiro atoms. The van der Waals surface area contributed by atoms with Crippen LogP contribution in [0.15, 0.2) is 0 Å². The summed E-state index contributed by atoms with van der Waals surface area (Å²) in [5.74, 6) is -2.77. The Hall–Kier alpha value is -0.710. The first-order valence-electron chi connectivity index (χ1n) is 6.86. The van der Waals surface area contributed by atoms with E-state index in [0.717, 1.165) is 25.7 Å². The van der Waals surface area contributed by atoms with Gasteiger partial charge >= 0.3 is 0 Å². The van der Waals surface area contributed by atoms with Gasteiger partial charge in [-0.05, 0) is 39.2 Å². The lowest BCUT2D eigenvalue weighted by Crippen LogP contribution is -2.48. The van der Waals surface area contributed by atoms with Crippen LogP contribution in [0.3, 0.4) is 0 Å². The van der Waals surface area contributed by atoms with Crippen molar-refractivity contribution in [1.82, 2.24) is 10.2 Å². The van der Waals surface area contributed by atoms with Crippen molar-refractivity contribution >= 4 is 5.91 Å². The molecule has 0 aromatic heterocycles. The van der Waals surface area contributed by atoms with Gasteiger partial charge in [0, 0.05) is 24.9 Å². The first-order chi connectivity index (χ1) is 8.52. The Bertz CT molecular complexity index is 301. The molecule has 1 saturated heterocycles. The van der Waals surface area contributed by atoms with E-state index < -0.39 is 5.92 Å². The third-order valence-electron chi connectivity index (χ3n) is 4.19. The van der Waals surface area contributed by atoms with Gasteiger partial charge in [-0.3, -0.25) is 4.79 Å². The monoisotopic (exact) mass is 260 g/mol. The van der Waals surface area contributed by atoms with Crippen LogP contribution in [-0.4, -0.2) is 42.9 Å². The Morgan fingerprint density at radius 1 is 1.28 bits per heavy atom. The first-order valence-corrected chi connectivity index (χ1v) is 6.86. The quantitative estimate of drug-likeness (QED) is 0.824. The molecule has 0 atom stereocenters. The van der Waals surface area contributed by atoms with E-state index in [-0.39, 0.29) is 24.8 Å². The summed E-state index contributed by atoms with van der Waals surface area (Å²) in [5.41, 5.74) is 0. The van der Waals surface area contributed by atoms with Crippen molar-refractivity contribution in [3.63, 3.8) is 0 Å². The van der Waals surface area contributed by atoms with E-state index in [0.29, 0.717) is 19.0 Å². The number of amides is 1. The Morgan fingerprint density at radius 3 is 2.50 bits per heavy atom. The highest BCUT2D eigenvalue weighted by molar-refractivity contribution is 5.79. The van der Waals surface area contributed by atoms with Crippen molar-refractivity contribution in [2.75, 3.05) is 20.1 Å². The maximum atomic E-state index is 13.3. The van der Waals surface area contributed by atoms with Gasteiger partial charge in [0.15, 0.2) is 0 Å². The Kier molecular flexibility index (Phi) is 4.20. The van der Waals surface area contributed by atoms with E-state index in [1.807, 2.05) is 7.05 Å². The van der Waals surface area contributed by atoms with Gasteiger partial charge in [-0.2, -0.15) is 0 Å². The zero-order chi connectivity index (χ0) is 13.2.